The standard InChI is InChI=1S/C15H11NO2/c16-10-14-15(17,11-6-2-1-3-7-11)12-8-4-5-9-13(12)18-14/h1-9,14,17H/t14-,15+/m0/s1. The highest BCUT2D eigenvalue weighted by atomic mass is 16.5. The van der Waals surface area contributed by atoms with E-state index in [1.807, 2.05) is 36.4 Å². The third-order valence-corrected chi connectivity index (χ3v) is 3.25. The highest BCUT2D eigenvalue weighted by Crippen LogP contribution is 2.45. The van der Waals surface area contributed by atoms with Gasteiger partial charge in [0.25, 0.3) is 0 Å². The first-order chi connectivity index (χ1) is 8.76. The molecule has 0 saturated heterocycles. The summed E-state index contributed by atoms with van der Waals surface area (Å²) in [6.07, 6.45) is -0.919. The Bertz CT molecular complexity index is 618. The number of nitrogens with zero attached hydrogens (tertiary/aromatic N) is 1. The number of aliphatic hydroxyl groups is 1. The number of hydrogen-bond acceptors (Lipinski definition) is 3. The van der Waals surface area contributed by atoms with Gasteiger partial charge in [-0.15, -0.1) is 0 Å². The summed E-state index contributed by atoms with van der Waals surface area (Å²) in [7, 11) is 0. The molecule has 2 aromatic rings. The summed E-state index contributed by atoms with van der Waals surface area (Å²) in [6.45, 7) is 0. The molecule has 1 heterocycles. The smallest absolute Gasteiger partial charge is 0.221 e. The normalized spacial score (nSPS) is 25.0. The van der Waals surface area contributed by atoms with Crippen LogP contribution in [-0.2, 0) is 5.60 Å². The molecule has 0 saturated carbocycles. The van der Waals surface area contributed by atoms with E-state index in [0.29, 0.717) is 16.9 Å². The highest BCUT2D eigenvalue weighted by Gasteiger charge is 2.49. The van der Waals surface area contributed by atoms with Gasteiger partial charge in [-0.2, -0.15) is 5.26 Å². The lowest BCUT2D eigenvalue weighted by Gasteiger charge is -2.25. The maximum absolute atomic E-state index is 10.9. The van der Waals surface area contributed by atoms with E-state index in [0.717, 1.165) is 0 Å². The predicted molar refractivity (Wildman–Crippen MR) is 65.9 cm³/mol. The Balaban J connectivity index is 2.23. The van der Waals surface area contributed by atoms with Gasteiger partial charge in [0.05, 0.1) is 0 Å². The maximum atomic E-state index is 10.9. The van der Waals surface area contributed by atoms with E-state index in [1.165, 1.54) is 0 Å². The van der Waals surface area contributed by atoms with Crippen LogP contribution in [0.3, 0.4) is 0 Å². The van der Waals surface area contributed by atoms with E-state index in [9.17, 15) is 10.4 Å². The van der Waals surface area contributed by atoms with Crippen LogP contribution >= 0.6 is 0 Å². The average Bonchev–Trinajstić information content (AvgIpc) is 2.74. The number of para-hydroxylation sites is 1. The van der Waals surface area contributed by atoms with Crippen LogP contribution in [0.5, 0.6) is 5.75 Å². The second kappa shape index (κ2) is 3.86. The Kier molecular flexibility index (Phi) is 2.32. The zero-order valence-electron chi connectivity index (χ0n) is 9.58. The van der Waals surface area contributed by atoms with Crippen molar-refractivity contribution < 1.29 is 9.84 Å². The molecule has 0 aromatic heterocycles. The summed E-state index contributed by atoms with van der Waals surface area (Å²) in [6, 6.07) is 18.4. The number of ether oxygens (including phenoxy) is 1. The van der Waals surface area contributed by atoms with Crippen molar-refractivity contribution >= 4 is 0 Å². The van der Waals surface area contributed by atoms with Crippen LogP contribution in [-0.4, -0.2) is 11.2 Å². The molecule has 3 heteroatoms. The molecule has 88 valence electrons. The molecule has 3 rings (SSSR count). The first kappa shape index (κ1) is 10.8. The lowest BCUT2D eigenvalue weighted by atomic mass is 9.84. The highest BCUT2D eigenvalue weighted by molar-refractivity contribution is 5.51. The first-order valence-electron chi connectivity index (χ1n) is 5.70. The SMILES string of the molecule is N#C[C@@H]1Oc2ccccc2[C@]1(O)c1ccccc1. The van der Waals surface area contributed by atoms with Crippen LogP contribution < -0.4 is 4.74 Å². The molecule has 1 N–H and O–H groups in total. The topological polar surface area (TPSA) is 53.2 Å². The summed E-state index contributed by atoms with van der Waals surface area (Å²) in [5.41, 5.74) is -0.0867. The van der Waals surface area contributed by atoms with E-state index in [-0.39, 0.29) is 0 Å². The third-order valence-electron chi connectivity index (χ3n) is 3.25. The van der Waals surface area contributed by atoms with E-state index in [2.05, 4.69) is 0 Å². The van der Waals surface area contributed by atoms with Crippen LogP contribution in [0.15, 0.2) is 54.6 Å². The summed E-state index contributed by atoms with van der Waals surface area (Å²) in [4.78, 5) is 0. The number of hydrogen-bond donors (Lipinski definition) is 1. The largest absolute Gasteiger partial charge is 0.471 e. The van der Waals surface area contributed by atoms with Crippen molar-refractivity contribution in [2.45, 2.75) is 11.7 Å². The third kappa shape index (κ3) is 1.33. The van der Waals surface area contributed by atoms with E-state index >= 15 is 0 Å². The molecule has 3 nitrogen and oxygen atoms in total. The molecule has 0 unspecified atom stereocenters. The molecular weight excluding hydrogens is 226 g/mol. The Morgan fingerprint density at radius 2 is 1.72 bits per heavy atom. The Morgan fingerprint density at radius 3 is 2.44 bits per heavy atom. The van der Waals surface area contributed by atoms with Crippen molar-refractivity contribution in [1.29, 1.82) is 5.26 Å². The zero-order chi connectivity index (χ0) is 12.6. The van der Waals surface area contributed by atoms with Gasteiger partial charge in [0.1, 0.15) is 11.8 Å². The number of fused-ring (bicyclic) bond motifs is 1. The molecule has 2 atom stereocenters. The van der Waals surface area contributed by atoms with Crippen molar-refractivity contribution in [1.82, 2.24) is 0 Å². The van der Waals surface area contributed by atoms with Gasteiger partial charge in [0.2, 0.25) is 6.10 Å². The maximum Gasteiger partial charge on any atom is 0.221 e. The van der Waals surface area contributed by atoms with Crippen molar-refractivity contribution in [3.63, 3.8) is 0 Å². The quantitative estimate of drug-likeness (QED) is 0.827. The van der Waals surface area contributed by atoms with Crippen molar-refractivity contribution in [2.75, 3.05) is 0 Å². The van der Waals surface area contributed by atoms with Crippen LogP contribution in [0.25, 0.3) is 0 Å². The van der Waals surface area contributed by atoms with Gasteiger partial charge in [-0.05, 0) is 11.6 Å². The summed E-state index contributed by atoms with van der Waals surface area (Å²) >= 11 is 0. The first-order valence-corrected chi connectivity index (χ1v) is 5.70. The van der Waals surface area contributed by atoms with Crippen LogP contribution in [0.1, 0.15) is 11.1 Å². The van der Waals surface area contributed by atoms with E-state index < -0.39 is 11.7 Å². The van der Waals surface area contributed by atoms with Crippen molar-refractivity contribution in [3.05, 3.63) is 65.7 Å². The second-order valence-corrected chi connectivity index (χ2v) is 4.26. The summed E-state index contributed by atoms with van der Waals surface area (Å²) < 4.78 is 5.52. The number of benzene rings is 2. The molecular formula is C15H11NO2. The Labute approximate surface area is 105 Å². The molecule has 2 aromatic carbocycles. The molecule has 0 radical (unpaired) electrons. The molecule has 1 aliphatic heterocycles. The molecule has 0 aliphatic carbocycles. The monoisotopic (exact) mass is 237 g/mol. The van der Waals surface area contributed by atoms with Crippen LogP contribution in [0.2, 0.25) is 0 Å². The number of nitriles is 1. The minimum absolute atomic E-state index is 0.565. The van der Waals surface area contributed by atoms with Gasteiger partial charge in [-0.1, -0.05) is 48.5 Å². The van der Waals surface area contributed by atoms with Crippen LogP contribution in [0.4, 0.5) is 0 Å². The molecule has 0 bridgehead atoms. The van der Waals surface area contributed by atoms with E-state index in [1.54, 1.807) is 24.3 Å². The summed E-state index contributed by atoms with van der Waals surface area (Å²) in [5.74, 6) is 0.565. The fourth-order valence-corrected chi connectivity index (χ4v) is 2.36. The van der Waals surface area contributed by atoms with Gasteiger partial charge in [0.15, 0.2) is 5.60 Å². The minimum Gasteiger partial charge on any atom is -0.471 e. The van der Waals surface area contributed by atoms with Gasteiger partial charge >= 0.3 is 0 Å². The lowest BCUT2D eigenvalue weighted by molar-refractivity contribution is 0.0220. The minimum atomic E-state index is -1.40. The molecule has 0 fully saturated rings. The van der Waals surface area contributed by atoms with Gasteiger partial charge < -0.3 is 9.84 Å². The zero-order valence-corrected chi connectivity index (χ0v) is 9.58. The van der Waals surface area contributed by atoms with Gasteiger partial charge in [-0.3, -0.25) is 0 Å². The molecule has 0 amide bonds. The lowest BCUT2D eigenvalue weighted by Crippen LogP contribution is -2.38. The van der Waals surface area contributed by atoms with Gasteiger partial charge in [-0.25, -0.2) is 0 Å². The van der Waals surface area contributed by atoms with E-state index in [4.69, 9.17) is 4.74 Å². The average molecular weight is 237 g/mol. The molecule has 18 heavy (non-hydrogen) atoms. The van der Waals surface area contributed by atoms with Crippen LogP contribution in [0, 0.1) is 11.3 Å². The van der Waals surface area contributed by atoms with Crippen molar-refractivity contribution in [3.8, 4) is 11.8 Å². The van der Waals surface area contributed by atoms with Gasteiger partial charge in [0, 0.05) is 5.56 Å². The second-order valence-electron chi connectivity index (χ2n) is 4.26. The fourth-order valence-electron chi connectivity index (χ4n) is 2.36. The predicted octanol–water partition coefficient (Wildman–Crippen LogP) is 2.21. The molecule has 1 aliphatic rings. The fraction of sp³-hybridized carbons (Fsp3) is 0.133. The summed E-state index contributed by atoms with van der Waals surface area (Å²) in [5, 5.41) is 20.1. The Morgan fingerprint density at radius 1 is 1.06 bits per heavy atom. The Hall–Kier alpha value is -2.31. The number of rotatable bonds is 1. The van der Waals surface area contributed by atoms with Crippen molar-refractivity contribution in [2.24, 2.45) is 0 Å². The molecule has 0 spiro atoms.